The maximum absolute atomic E-state index is 11.3. The minimum absolute atomic E-state index is 0.156. The number of carbonyl (C=O) groups is 1. The van der Waals surface area contributed by atoms with E-state index in [1.807, 2.05) is 37.9 Å². The standard InChI is InChI=1S/C12H18N2O2/c1-9-6-5-7-13-11(9)14(3)8-10(2)12(15)16-4/h5-7,10H,8H2,1-4H3. The fourth-order valence-electron chi connectivity index (χ4n) is 1.65. The minimum Gasteiger partial charge on any atom is -0.469 e. The van der Waals surface area contributed by atoms with Crippen LogP contribution >= 0.6 is 0 Å². The normalized spacial score (nSPS) is 12.0. The number of anilines is 1. The molecular weight excluding hydrogens is 204 g/mol. The summed E-state index contributed by atoms with van der Waals surface area (Å²) < 4.78 is 4.69. The van der Waals surface area contributed by atoms with Crippen LogP contribution in [0.15, 0.2) is 18.3 Å². The third-order valence-electron chi connectivity index (χ3n) is 2.49. The third kappa shape index (κ3) is 2.95. The molecule has 1 rings (SSSR count). The van der Waals surface area contributed by atoms with Gasteiger partial charge in [0.05, 0.1) is 13.0 Å². The van der Waals surface area contributed by atoms with E-state index in [-0.39, 0.29) is 11.9 Å². The number of carbonyl (C=O) groups excluding carboxylic acids is 1. The first-order chi connectivity index (χ1) is 7.56. The number of rotatable bonds is 4. The molecule has 0 spiro atoms. The molecule has 1 heterocycles. The van der Waals surface area contributed by atoms with Crippen LogP contribution in [0, 0.1) is 12.8 Å². The Morgan fingerprint density at radius 1 is 1.62 bits per heavy atom. The molecule has 0 saturated heterocycles. The Morgan fingerprint density at radius 3 is 2.88 bits per heavy atom. The van der Waals surface area contributed by atoms with E-state index in [0.29, 0.717) is 6.54 Å². The van der Waals surface area contributed by atoms with Gasteiger partial charge in [-0.15, -0.1) is 0 Å². The molecule has 4 nitrogen and oxygen atoms in total. The zero-order valence-corrected chi connectivity index (χ0v) is 10.2. The highest BCUT2D eigenvalue weighted by molar-refractivity contribution is 5.72. The minimum atomic E-state index is -0.194. The monoisotopic (exact) mass is 222 g/mol. The molecule has 0 radical (unpaired) electrons. The molecule has 1 unspecified atom stereocenters. The number of aryl methyl sites for hydroxylation is 1. The van der Waals surface area contributed by atoms with Crippen molar-refractivity contribution in [2.24, 2.45) is 5.92 Å². The Hall–Kier alpha value is -1.58. The molecule has 0 aliphatic carbocycles. The highest BCUT2D eigenvalue weighted by Crippen LogP contribution is 2.15. The lowest BCUT2D eigenvalue weighted by Crippen LogP contribution is -2.30. The highest BCUT2D eigenvalue weighted by Gasteiger charge is 2.16. The first-order valence-electron chi connectivity index (χ1n) is 5.26. The van der Waals surface area contributed by atoms with E-state index < -0.39 is 0 Å². The van der Waals surface area contributed by atoms with Gasteiger partial charge in [-0.05, 0) is 18.6 Å². The van der Waals surface area contributed by atoms with Crippen LogP contribution in [0.1, 0.15) is 12.5 Å². The van der Waals surface area contributed by atoms with E-state index >= 15 is 0 Å². The third-order valence-corrected chi connectivity index (χ3v) is 2.49. The second-order valence-corrected chi connectivity index (χ2v) is 3.95. The number of nitrogens with zero attached hydrogens (tertiary/aromatic N) is 2. The summed E-state index contributed by atoms with van der Waals surface area (Å²) in [5, 5.41) is 0. The second-order valence-electron chi connectivity index (χ2n) is 3.95. The molecule has 0 bridgehead atoms. The molecule has 4 heteroatoms. The highest BCUT2D eigenvalue weighted by atomic mass is 16.5. The molecule has 0 amide bonds. The van der Waals surface area contributed by atoms with E-state index in [1.165, 1.54) is 7.11 Å². The fraction of sp³-hybridized carbons (Fsp3) is 0.500. The van der Waals surface area contributed by atoms with E-state index in [1.54, 1.807) is 6.20 Å². The van der Waals surface area contributed by atoms with Gasteiger partial charge >= 0.3 is 5.97 Å². The molecule has 1 aromatic rings. The van der Waals surface area contributed by atoms with Crippen LogP contribution in [0.25, 0.3) is 0 Å². The van der Waals surface area contributed by atoms with Crippen molar-refractivity contribution < 1.29 is 9.53 Å². The zero-order valence-electron chi connectivity index (χ0n) is 10.2. The van der Waals surface area contributed by atoms with Gasteiger partial charge in [0.25, 0.3) is 0 Å². The summed E-state index contributed by atoms with van der Waals surface area (Å²) in [6.45, 7) is 4.45. The van der Waals surface area contributed by atoms with Crippen LogP contribution in [0.2, 0.25) is 0 Å². The molecule has 0 aliphatic heterocycles. The lowest BCUT2D eigenvalue weighted by Gasteiger charge is -2.22. The van der Waals surface area contributed by atoms with Gasteiger partial charge in [0.15, 0.2) is 0 Å². The molecule has 1 aromatic heterocycles. The van der Waals surface area contributed by atoms with Crippen LogP contribution in [-0.4, -0.2) is 31.7 Å². The van der Waals surface area contributed by atoms with Crippen molar-refractivity contribution >= 4 is 11.8 Å². The largest absolute Gasteiger partial charge is 0.469 e. The first-order valence-corrected chi connectivity index (χ1v) is 5.26. The topological polar surface area (TPSA) is 42.4 Å². The molecule has 0 fully saturated rings. The van der Waals surface area contributed by atoms with Gasteiger partial charge in [-0.1, -0.05) is 13.0 Å². The van der Waals surface area contributed by atoms with Gasteiger partial charge < -0.3 is 9.64 Å². The van der Waals surface area contributed by atoms with Crippen LogP contribution in [0.4, 0.5) is 5.82 Å². The number of ether oxygens (including phenoxy) is 1. The van der Waals surface area contributed by atoms with E-state index in [9.17, 15) is 4.79 Å². The predicted molar refractivity (Wildman–Crippen MR) is 63.4 cm³/mol. The summed E-state index contributed by atoms with van der Waals surface area (Å²) in [4.78, 5) is 17.6. The molecule has 0 aliphatic rings. The Bertz CT molecular complexity index is 366. The van der Waals surface area contributed by atoms with Gasteiger partial charge in [0.1, 0.15) is 5.82 Å². The number of aromatic nitrogens is 1. The Labute approximate surface area is 96.2 Å². The average molecular weight is 222 g/mol. The molecule has 0 aromatic carbocycles. The number of methoxy groups -OCH3 is 1. The van der Waals surface area contributed by atoms with Crippen LogP contribution in [0.3, 0.4) is 0 Å². The summed E-state index contributed by atoms with van der Waals surface area (Å²) in [7, 11) is 3.33. The van der Waals surface area contributed by atoms with Crippen molar-refractivity contribution in [1.29, 1.82) is 0 Å². The number of hydrogen-bond donors (Lipinski definition) is 0. The van der Waals surface area contributed by atoms with Crippen molar-refractivity contribution in [1.82, 2.24) is 4.98 Å². The number of esters is 1. The van der Waals surface area contributed by atoms with Gasteiger partial charge in [-0.25, -0.2) is 4.98 Å². The smallest absolute Gasteiger partial charge is 0.310 e. The number of pyridine rings is 1. The second kappa shape index (κ2) is 5.49. The van der Waals surface area contributed by atoms with Crippen LogP contribution in [0.5, 0.6) is 0 Å². The van der Waals surface area contributed by atoms with Crippen molar-refractivity contribution in [2.45, 2.75) is 13.8 Å². The van der Waals surface area contributed by atoms with Crippen molar-refractivity contribution in [3.8, 4) is 0 Å². The molecule has 16 heavy (non-hydrogen) atoms. The number of hydrogen-bond acceptors (Lipinski definition) is 4. The lowest BCUT2D eigenvalue weighted by atomic mass is 10.1. The van der Waals surface area contributed by atoms with Gasteiger partial charge in [0.2, 0.25) is 0 Å². The zero-order chi connectivity index (χ0) is 12.1. The van der Waals surface area contributed by atoms with Crippen molar-refractivity contribution in [2.75, 3.05) is 25.6 Å². The molecular formula is C12H18N2O2. The van der Waals surface area contributed by atoms with Crippen molar-refractivity contribution in [3.05, 3.63) is 23.9 Å². The summed E-state index contributed by atoms with van der Waals surface area (Å²) in [6, 6.07) is 3.90. The van der Waals surface area contributed by atoms with Crippen molar-refractivity contribution in [3.63, 3.8) is 0 Å². The first kappa shape index (κ1) is 12.5. The summed E-state index contributed by atoms with van der Waals surface area (Å²) in [5.41, 5.74) is 1.10. The van der Waals surface area contributed by atoms with E-state index in [2.05, 4.69) is 4.98 Å². The molecule has 88 valence electrons. The molecule has 1 atom stereocenters. The summed E-state index contributed by atoms with van der Waals surface area (Å²) >= 11 is 0. The lowest BCUT2D eigenvalue weighted by molar-refractivity contribution is -0.144. The summed E-state index contributed by atoms with van der Waals surface area (Å²) in [6.07, 6.45) is 1.75. The quantitative estimate of drug-likeness (QED) is 0.726. The van der Waals surface area contributed by atoms with E-state index in [4.69, 9.17) is 4.74 Å². The Morgan fingerprint density at radius 2 is 2.31 bits per heavy atom. The fourth-order valence-corrected chi connectivity index (χ4v) is 1.65. The maximum atomic E-state index is 11.3. The molecule has 0 saturated carbocycles. The van der Waals surface area contributed by atoms with Gasteiger partial charge in [-0.3, -0.25) is 4.79 Å². The summed E-state index contributed by atoms with van der Waals surface area (Å²) in [5.74, 6) is 0.551. The van der Waals surface area contributed by atoms with Crippen LogP contribution in [-0.2, 0) is 9.53 Å². The SMILES string of the molecule is COC(=O)C(C)CN(C)c1ncccc1C. The van der Waals surface area contributed by atoms with Gasteiger partial charge in [0, 0.05) is 19.8 Å². The maximum Gasteiger partial charge on any atom is 0.310 e. The van der Waals surface area contributed by atoms with Crippen LogP contribution < -0.4 is 4.90 Å². The predicted octanol–water partition coefficient (Wildman–Crippen LogP) is 1.64. The Kier molecular flexibility index (Phi) is 4.28. The Balaban J connectivity index is 2.69. The van der Waals surface area contributed by atoms with Gasteiger partial charge in [-0.2, -0.15) is 0 Å². The molecule has 0 N–H and O–H groups in total. The average Bonchev–Trinajstić information content (AvgIpc) is 2.28. The van der Waals surface area contributed by atoms with E-state index in [0.717, 1.165) is 11.4 Å².